The van der Waals surface area contributed by atoms with Gasteiger partial charge in [-0.3, -0.25) is 19.5 Å². The van der Waals surface area contributed by atoms with Gasteiger partial charge in [-0.05, 0) is 74.3 Å². The number of hydrogen-bond donors (Lipinski definition) is 2. The number of pyridine rings is 2. The van der Waals surface area contributed by atoms with Crippen LogP contribution >= 0.6 is 0 Å². The van der Waals surface area contributed by atoms with Gasteiger partial charge in [-0.2, -0.15) is 13.2 Å². The van der Waals surface area contributed by atoms with Gasteiger partial charge in [0.1, 0.15) is 0 Å². The molecule has 3 fully saturated rings. The van der Waals surface area contributed by atoms with Crippen molar-refractivity contribution in [2.45, 2.75) is 56.7 Å². The van der Waals surface area contributed by atoms with E-state index in [4.69, 9.17) is 4.78 Å². The van der Waals surface area contributed by atoms with Gasteiger partial charge in [0.25, 0.3) is 0 Å². The lowest BCUT2D eigenvalue weighted by Gasteiger charge is -2.47. The third kappa shape index (κ3) is 4.97. The van der Waals surface area contributed by atoms with E-state index in [1.54, 1.807) is 24.5 Å². The van der Waals surface area contributed by atoms with Gasteiger partial charge in [-0.25, -0.2) is 4.21 Å². The summed E-state index contributed by atoms with van der Waals surface area (Å²) in [7, 11) is -2.76. The van der Waals surface area contributed by atoms with E-state index in [9.17, 15) is 22.2 Å². The predicted molar refractivity (Wildman–Crippen MR) is 143 cm³/mol. The number of anilines is 2. The summed E-state index contributed by atoms with van der Waals surface area (Å²) in [6.07, 6.45) is 2.26. The molecule has 2 saturated heterocycles. The molecule has 2 N–H and O–H groups in total. The number of aromatic nitrogens is 2. The second-order valence-electron chi connectivity index (χ2n) is 11.0. The number of nitrogens with one attached hydrogen (secondary N) is 2. The number of halogens is 3. The average molecular weight is 558 g/mol. The summed E-state index contributed by atoms with van der Waals surface area (Å²) in [5.41, 5.74) is 3.17. The first-order valence-electron chi connectivity index (χ1n) is 13.3. The van der Waals surface area contributed by atoms with Crippen molar-refractivity contribution in [2.75, 3.05) is 23.4 Å². The Bertz CT molecular complexity index is 1510. The van der Waals surface area contributed by atoms with E-state index in [0.29, 0.717) is 24.4 Å². The Morgan fingerprint density at radius 1 is 1.08 bits per heavy atom. The lowest BCUT2D eigenvalue weighted by atomic mass is 9.73. The number of hydrogen-bond acceptors (Lipinski definition) is 6. The Kier molecular flexibility index (Phi) is 6.32. The fourth-order valence-electron chi connectivity index (χ4n) is 6.13. The standard InChI is InChI=1S/C28H30F3N5O2S/c29-28(30,31)25(36-14-2-10-27(26(36)37)11-15-39(32,38)16-12-27)19-6-8-20(9-7-19)35-22-17-34-21-3-1-13-33-24(21)23(22)18-4-5-18/h1,3,6-9,13,17-18,25,32,35H,2,4-5,10-12,14-16H2/t25-,27?,39?/m0/s1. The summed E-state index contributed by atoms with van der Waals surface area (Å²) in [5.74, 6) is -0.0310. The van der Waals surface area contributed by atoms with Crippen LogP contribution in [0.15, 0.2) is 48.8 Å². The Labute approximate surface area is 225 Å². The highest BCUT2D eigenvalue weighted by Crippen LogP contribution is 2.48. The smallest absolute Gasteiger partial charge is 0.354 e. The van der Waals surface area contributed by atoms with E-state index in [0.717, 1.165) is 40.0 Å². The molecule has 0 radical (unpaired) electrons. The van der Waals surface area contributed by atoms with Gasteiger partial charge in [0.05, 0.1) is 28.3 Å². The van der Waals surface area contributed by atoms with Crippen molar-refractivity contribution >= 4 is 38.0 Å². The van der Waals surface area contributed by atoms with Gasteiger partial charge in [-0.15, -0.1) is 0 Å². The Hall–Kier alpha value is -3.21. The van der Waals surface area contributed by atoms with Crippen LogP contribution in [-0.4, -0.2) is 49.2 Å². The fraction of sp³-hybridized carbons (Fsp3) is 0.464. The normalized spacial score (nSPS) is 26.6. The summed E-state index contributed by atoms with van der Waals surface area (Å²) in [6, 6.07) is 7.75. The largest absolute Gasteiger partial charge is 0.413 e. The highest BCUT2D eigenvalue weighted by atomic mass is 32.2. The summed E-state index contributed by atoms with van der Waals surface area (Å²) in [6.45, 7) is 0.0154. The van der Waals surface area contributed by atoms with Crippen molar-refractivity contribution in [3.05, 3.63) is 59.9 Å². The topological polar surface area (TPSA) is 99.0 Å². The molecule has 4 heterocycles. The number of fused-ring (bicyclic) bond motifs is 1. The van der Waals surface area contributed by atoms with Gasteiger partial charge < -0.3 is 10.2 Å². The Morgan fingerprint density at radius 3 is 2.46 bits per heavy atom. The highest BCUT2D eigenvalue weighted by molar-refractivity contribution is 7.92. The van der Waals surface area contributed by atoms with Crippen LogP contribution in [0.4, 0.5) is 24.5 Å². The molecule has 1 aromatic carbocycles. The van der Waals surface area contributed by atoms with Crippen LogP contribution in [0.25, 0.3) is 11.0 Å². The van der Waals surface area contributed by atoms with Gasteiger partial charge in [-0.1, -0.05) is 12.1 Å². The third-order valence-corrected chi connectivity index (χ3v) is 10.1. The zero-order valence-corrected chi connectivity index (χ0v) is 22.2. The lowest BCUT2D eigenvalue weighted by Crippen LogP contribution is -2.55. The van der Waals surface area contributed by atoms with Crippen LogP contribution in [-0.2, 0) is 14.5 Å². The van der Waals surface area contributed by atoms with Crippen LogP contribution in [0.2, 0.25) is 0 Å². The fourth-order valence-corrected chi connectivity index (χ4v) is 7.78. The second-order valence-corrected chi connectivity index (χ2v) is 13.5. The summed E-state index contributed by atoms with van der Waals surface area (Å²) < 4.78 is 63.5. The Balaban J connectivity index is 1.27. The first-order valence-corrected chi connectivity index (χ1v) is 15.2. The maximum atomic E-state index is 14.5. The molecule has 206 valence electrons. The van der Waals surface area contributed by atoms with Crippen LogP contribution < -0.4 is 5.32 Å². The minimum atomic E-state index is -4.66. The molecule has 2 aromatic heterocycles. The van der Waals surface area contributed by atoms with E-state index < -0.39 is 33.3 Å². The number of carbonyl (C=O) groups excluding carboxylic acids is 1. The van der Waals surface area contributed by atoms with Gasteiger partial charge in [0, 0.05) is 45.2 Å². The zero-order valence-electron chi connectivity index (χ0n) is 21.3. The average Bonchev–Trinajstić information content (AvgIpc) is 3.74. The summed E-state index contributed by atoms with van der Waals surface area (Å²) in [4.78, 5) is 23.5. The molecule has 1 aliphatic carbocycles. The molecular weight excluding hydrogens is 527 g/mol. The van der Waals surface area contributed by atoms with Crippen molar-refractivity contribution in [2.24, 2.45) is 5.41 Å². The number of piperidine rings is 1. The van der Waals surface area contributed by atoms with E-state index in [-0.39, 0.29) is 36.5 Å². The molecule has 1 saturated carbocycles. The molecule has 0 unspecified atom stereocenters. The van der Waals surface area contributed by atoms with E-state index in [1.165, 1.54) is 12.1 Å². The van der Waals surface area contributed by atoms with Crippen LogP contribution in [0.3, 0.4) is 0 Å². The molecule has 1 atom stereocenters. The summed E-state index contributed by atoms with van der Waals surface area (Å²) in [5, 5.41) is 3.32. The maximum absolute atomic E-state index is 14.5. The predicted octanol–water partition coefficient (Wildman–Crippen LogP) is 6.30. The van der Waals surface area contributed by atoms with Crippen LogP contribution in [0.5, 0.6) is 0 Å². The molecule has 2 aliphatic heterocycles. The van der Waals surface area contributed by atoms with Crippen molar-refractivity contribution in [1.29, 1.82) is 4.78 Å². The number of nitrogens with zero attached hydrogens (tertiary/aromatic N) is 3. The first-order chi connectivity index (χ1) is 18.6. The zero-order chi connectivity index (χ0) is 27.4. The van der Waals surface area contributed by atoms with Gasteiger partial charge in [0.15, 0.2) is 6.04 Å². The molecule has 3 aliphatic rings. The minimum absolute atomic E-state index is 0.000679. The van der Waals surface area contributed by atoms with Crippen molar-refractivity contribution < 1.29 is 22.2 Å². The second kappa shape index (κ2) is 9.46. The van der Waals surface area contributed by atoms with Gasteiger partial charge in [0.2, 0.25) is 5.91 Å². The van der Waals surface area contributed by atoms with E-state index >= 15 is 0 Å². The number of alkyl halides is 3. The molecule has 3 aromatic rings. The molecule has 1 amide bonds. The number of rotatable bonds is 5. The van der Waals surface area contributed by atoms with E-state index in [1.807, 2.05) is 12.1 Å². The maximum Gasteiger partial charge on any atom is 0.413 e. The number of amides is 1. The van der Waals surface area contributed by atoms with Crippen LogP contribution in [0, 0.1) is 10.2 Å². The quantitative estimate of drug-likeness (QED) is 0.383. The highest BCUT2D eigenvalue weighted by Gasteiger charge is 2.53. The van der Waals surface area contributed by atoms with Crippen molar-refractivity contribution in [3.8, 4) is 0 Å². The van der Waals surface area contributed by atoms with Gasteiger partial charge >= 0.3 is 6.18 Å². The molecule has 39 heavy (non-hydrogen) atoms. The van der Waals surface area contributed by atoms with Crippen LogP contribution in [0.1, 0.15) is 61.6 Å². The number of carbonyl (C=O) groups is 1. The molecule has 1 spiro atoms. The van der Waals surface area contributed by atoms with Crippen molar-refractivity contribution in [3.63, 3.8) is 0 Å². The monoisotopic (exact) mass is 557 g/mol. The molecule has 6 rings (SSSR count). The third-order valence-electron chi connectivity index (χ3n) is 8.37. The SMILES string of the molecule is N=S1(=O)CCC2(CCCN([C@@H](c3ccc(Nc4cnc5cccnc5c4C4CC4)cc3)C(F)(F)F)C2=O)CC1. The van der Waals surface area contributed by atoms with Crippen molar-refractivity contribution in [1.82, 2.24) is 14.9 Å². The minimum Gasteiger partial charge on any atom is -0.354 e. The molecular formula is C28H30F3N5O2S. The first kappa shape index (κ1) is 26.0. The Morgan fingerprint density at radius 2 is 1.79 bits per heavy atom. The van der Waals surface area contributed by atoms with E-state index in [2.05, 4.69) is 15.3 Å². The lowest BCUT2D eigenvalue weighted by molar-refractivity contribution is -0.200. The number of benzene rings is 1. The summed E-state index contributed by atoms with van der Waals surface area (Å²) >= 11 is 0. The molecule has 0 bridgehead atoms. The number of likely N-dealkylation sites (tertiary alicyclic amines) is 1. The molecule has 11 heteroatoms. The molecule has 7 nitrogen and oxygen atoms in total.